The van der Waals surface area contributed by atoms with Crippen LogP contribution in [0.5, 0.6) is 0 Å². The number of carbonyl (C=O) groups is 1. The highest BCUT2D eigenvalue weighted by Gasteiger charge is 2.71. The molecule has 1 heterocycles. The molecule has 1 aliphatic rings. The molecule has 0 aromatic heterocycles. The van der Waals surface area contributed by atoms with Crippen molar-refractivity contribution in [1.82, 2.24) is 0 Å². The molecule has 3 N–H and O–H groups in total. The molecule has 34 heavy (non-hydrogen) atoms. The van der Waals surface area contributed by atoms with Crippen molar-refractivity contribution in [2.45, 2.75) is 39.4 Å². The fraction of sp³-hybridized carbons (Fsp3) is 0.316. The lowest BCUT2D eigenvalue weighted by Gasteiger charge is -2.37. The highest BCUT2D eigenvalue weighted by molar-refractivity contribution is 8.00. The Hall–Kier alpha value is -2.52. The monoisotopic (exact) mass is 532 g/mol. The van der Waals surface area contributed by atoms with E-state index < -0.39 is 68.4 Å². The predicted octanol–water partition coefficient (Wildman–Crippen LogP) is 3.68. The van der Waals surface area contributed by atoms with Gasteiger partial charge in [-0.2, -0.15) is 26.3 Å². The molecule has 1 unspecified atom stereocenters. The second-order valence-electron chi connectivity index (χ2n) is 7.29. The van der Waals surface area contributed by atoms with Crippen LogP contribution >= 0.6 is 11.8 Å². The van der Waals surface area contributed by atoms with Crippen LogP contribution in [0, 0.1) is 5.82 Å². The minimum atomic E-state index is -6.15. The summed E-state index contributed by atoms with van der Waals surface area (Å²) < 4.78 is 120. The van der Waals surface area contributed by atoms with Crippen LogP contribution in [0.25, 0.3) is 0 Å². The van der Waals surface area contributed by atoms with Crippen LogP contribution < -0.4 is 10.0 Å². The molecule has 2 aromatic carbocycles. The van der Waals surface area contributed by atoms with E-state index in [1.807, 2.05) is 0 Å². The Morgan fingerprint density at radius 2 is 1.62 bits per heavy atom. The molecule has 0 radical (unpaired) electrons. The number of thioether (sulfide) groups is 1. The number of hydrogen-bond donors (Lipinski definition) is 2. The van der Waals surface area contributed by atoms with E-state index in [-0.39, 0.29) is 10.6 Å². The molecule has 1 aliphatic heterocycles. The molecule has 0 fully saturated rings. The van der Waals surface area contributed by atoms with Crippen molar-refractivity contribution in [2.24, 2.45) is 5.73 Å². The molecule has 0 spiro atoms. The van der Waals surface area contributed by atoms with Crippen LogP contribution in [-0.2, 0) is 20.4 Å². The Kier molecular flexibility index (Phi) is 6.60. The van der Waals surface area contributed by atoms with Gasteiger partial charge in [-0.05, 0) is 36.4 Å². The summed E-state index contributed by atoms with van der Waals surface area (Å²) in [7, 11) is -4.47. The van der Waals surface area contributed by atoms with Gasteiger partial charge in [0.25, 0.3) is 15.6 Å². The number of rotatable bonds is 5. The number of halogens is 7. The molecule has 0 saturated carbocycles. The molecule has 186 valence electrons. The van der Waals surface area contributed by atoms with Crippen molar-refractivity contribution in [3.63, 3.8) is 0 Å². The minimum Gasteiger partial charge on any atom is -0.370 e. The Morgan fingerprint density at radius 3 is 2.12 bits per heavy atom. The van der Waals surface area contributed by atoms with Gasteiger partial charge >= 0.3 is 12.4 Å². The topological polar surface area (TPSA) is 101 Å². The van der Waals surface area contributed by atoms with Gasteiger partial charge in [0.15, 0.2) is 0 Å². The zero-order valence-electron chi connectivity index (χ0n) is 16.7. The Balaban J connectivity index is 2.19. The van der Waals surface area contributed by atoms with Gasteiger partial charge in [0.2, 0.25) is 5.91 Å². The lowest BCUT2D eigenvalue weighted by Crippen LogP contribution is -2.54. The Bertz CT molecular complexity index is 1180. The number of alkyl halides is 6. The van der Waals surface area contributed by atoms with Gasteiger partial charge in [0.05, 0.1) is 10.6 Å². The summed E-state index contributed by atoms with van der Waals surface area (Å²) in [5.74, 6) is -1.64. The van der Waals surface area contributed by atoms with E-state index in [0.717, 1.165) is 24.3 Å². The van der Waals surface area contributed by atoms with E-state index in [9.17, 15) is 49.1 Å². The maximum Gasteiger partial charge on any atom is 0.430 e. The lowest BCUT2D eigenvalue weighted by molar-refractivity contribution is -0.376. The lowest BCUT2D eigenvalue weighted by atomic mass is 9.92. The van der Waals surface area contributed by atoms with E-state index in [0.29, 0.717) is 34.3 Å². The Morgan fingerprint density at radius 1 is 1.06 bits per heavy atom. The van der Waals surface area contributed by atoms with Gasteiger partial charge in [-0.3, -0.25) is 9.10 Å². The van der Waals surface area contributed by atoms with Crippen molar-refractivity contribution in [3.8, 4) is 0 Å². The third-order valence-corrected chi connectivity index (χ3v) is 7.98. The molecule has 0 aliphatic carbocycles. The fourth-order valence-corrected chi connectivity index (χ4v) is 6.33. The number of anilines is 1. The van der Waals surface area contributed by atoms with E-state index >= 15 is 0 Å². The first-order valence-electron chi connectivity index (χ1n) is 9.22. The SMILES string of the molecule is NC(=O)CC1CN(S(=O)(=O)c2ccc(F)cc2)c2ccc(C(O)(C(F)(F)F)C(F)(F)F)cc2S1. The zero-order valence-corrected chi connectivity index (χ0v) is 18.3. The van der Waals surface area contributed by atoms with Crippen LogP contribution in [0.15, 0.2) is 52.3 Å². The maximum absolute atomic E-state index is 13.3. The second kappa shape index (κ2) is 8.61. The van der Waals surface area contributed by atoms with Gasteiger partial charge in [-0.15, -0.1) is 11.8 Å². The van der Waals surface area contributed by atoms with Crippen LogP contribution in [0.1, 0.15) is 12.0 Å². The van der Waals surface area contributed by atoms with Gasteiger partial charge < -0.3 is 10.8 Å². The van der Waals surface area contributed by atoms with Crippen LogP contribution in [0.4, 0.5) is 36.4 Å². The summed E-state index contributed by atoms with van der Waals surface area (Å²) in [5.41, 5.74) is -1.96. The number of hydrogen-bond acceptors (Lipinski definition) is 5. The van der Waals surface area contributed by atoms with Gasteiger partial charge in [0, 0.05) is 28.7 Å². The van der Waals surface area contributed by atoms with Crippen LogP contribution in [-0.4, -0.2) is 43.6 Å². The molecule has 1 atom stereocenters. The van der Waals surface area contributed by atoms with Crippen molar-refractivity contribution in [1.29, 1.82) is 0 Å². The summed E-state index contributed by atoms with van der Waals surface area (Å²) in [6.45, 7) is -0.400. The average molecular weight is 532 g/mol. The van der Waals surface area contributed by atoms with E-state index in [2.05, 4.69) is 0 Å². The molecule has 6 nitrogen and oxygen atoms in total. The molecule has 0 bridgehead atoms. The summed E-state index contributed by atoms with van der Waals surface area (Å²) >= 11 is 0.642. The largest absolute Gasteiger partial charge is 0.430 e. The number of aliphatic hydroxyl groups is 1. The summed E-state index contributed by atoms with van der Waals surface area (Å²) in [4.78, 5) is 10.6. The standard InChI is InChI=1S/C19H15F7N2O4S2/c20-11-2-4-13(5-3-11)34(31,32)28-9-12(8-16(27)29)33-15-7-10(1-6-14(15)28)17(30,18(21,22)23)19(24,25)26/h1-7,12,30H,8-9H2,(H2,27,29). The van der Waals surface area contributed by atoms with Crippen molar-refractivity contribution in [2.75, 3.05) is 10.8 Å². The van der Waals surface area contributed by atoms with Crippen molar-refractivity contribution in [3.05, 3.63) is 53.8 Å². The number of fused-ring (bicyclic) bond motifs is 1. The average Bonchev–Trinajstić information content (AvgIpc) is 2.70. The summed E-state index contributed by atoms with van der Waals surface area (Å²) in [5, 5.41) is 8.73. The number of amides is 1. The number of carbonyl (C=O) groups excluding carboxylic acids is 1. The molecule has 2 aromatic rings. The highest BCUT2D eigenvalue weighted by atomic mass is 32.2. The first kappa shape index (κ1) is 26.1. The van der Waals surface area contributed by atoms with Gasteiger partial charge in [-0.1, -0.05) is 6.07 Å². The molecule has 15 heteroatoms. The van der Waals surface area contributed by atoms with E-state index in [4.69, 9.17) is 5.73 Å². The molecular weight excluding hydrogens is 517 g/mol. The predicted molar refractivity (Wildman–Crippen MR) is 107 cm³/mol. The Labute approximate surface area is 192 Å². The smallest absolute Gasteiger partial charge is 0.370 e. The van der Waals surface area contributed by atoms with Crippen molar-refractivity contribution < 1.29 is 49.1 Å². The first-order chi connectivity index (χ1) is 15.5. The molecule has 1 amide bonds. The third kappa shape index (κ3) is 4.55. The van der Waals surface area contributed by atoms with E-state index in [1.165, 1.54) is 0 Å². The van der Waals surface area contributed by atoms with E-state index in [1.54, 1.807) is 0 Å². The van der Waals surface area contributed by atoms with Crippen molar-refractivity contribution >= 4 is 33.4 Å². The first-order valence-corrected chi connectivity index (χ1v) is 11.5. The zero-order chi connectivity index (χ0) is 25.7. The molecule has 0 saturated heterocycles. The third-order valence-electron chi connectivity index (χ3n) is 4.96. The minimum absolute atomic E-state index is 0.287. The number of sulfonamides is 1. The quantitative estimate of drug-likeness (QED) is 0.573. The maximum atomic E-state index is 13.3. The fourth-order valence-electron chi connectivity index (χ4n) is 3.32. The number of primary amides is 1. The second-order valence-corrected chi connectivity index (χ2v) is 10.5. The summed E-state index contributed by atoms with van der Waals surface area (Å²) in [6.07, 6.45) is -12.7. The number of nitrogens with zero attached hydrogens (tertiary/aromatic N) is 1. The normalized spacial score (nSPS) is 17.4. The van der Waals surface area contributed by atoms with Crippen LogP contribution in [0.3, 0.4) is 0 Å². The van der Waals surface area contributed by atoms with Crippen LogP contribution in [0.2, 0.25) is 0 Å². The molecular formula is C19H15F7N2O4S2. The number of nitrogens with two attached hydrogens (primary N) is 1. The number of benzene rings is 2. The van der Waals surface area contributed by atoms with Gasteiger partial charge in [-0.25, -0.2) is 12.8 Å². The highest BCUT2D eigenvalue weighted by Crippen LogP contribution is 2.52. The summed E-state index contributed by atoms with van der Waals surface area (Å²) in [6, 6.07) is 4.95. The van der Waals surface area contributed by atoms with Gasteiger partial charge in [0.1, 0.15) is 5.82 Å². The molecule has 3 rings (SSSR count).